The summed E-state index contributed by atoms with van der Waals surface area (Å²) in [7, 11) is 1.63. The Kier molecular flexibility index (Phi) is 3.97. The second-order valence-electron chi connectivity index (χ2n) is 5.16. The molecular formula is C17H16BrNO2. The van der Waals surface area contributed by atoms with Gasteiger partial charge in [-0.3, -0.25) is 4.79 Å². The van der Waals surface area contributed by atoms with Gasteiger partial charge in [0.25, 0.3) is 0 Å². The summed E-state index contributed by atoms with van der Waals surface area (Å²) in [5.41, 5.74) is 3.23. The van der Waals surface area contributed by atoms with Crippen molar-refractivity contribution < 1.29 is 9.53 Å². The first-order valence-electron chi connectivity index (χ1n) is 6.87. The molecule has 1 atom stereocenters. The van der Waals surface area contributed by atoms with Crippen molar-refractivity contribution in [3.05, 3.63) is 58.1 Å². The van der Waals surface area contributed by atoms with Crippen molar-refractivity contribution in [2.45, 2.75) is 18.9 Å². The van der Waals surface area contributed by atoms with Crippen LogP contribution in [-0.4, -0.2) is 18.9 Å². The summed E-state index contributed by atoms with van der Waals surface area (Å²) in [5, 5.41) is 3.31. The Bertz CT molecular complexity index is 659. The van der Waals surface area contributed by atoms with Gasteiger partial charge >= 0.3 is 0 Å². The van der Waals surface area contributed by atoms with Gasteiger partial charge in [-0.15, -0.1) is 0 Å². The van der Waals surface area contributed by atoms with E-state index in [1.54, 1.807) is 7.11 Å². The van der Waals surface area contributed by atoms with Crippen LogP contribution in [0.2, 0.25) is 0 Å². The number of halogens is 1. The van der Waals surface area contributed by atoms with Gasteiger partial charge in [-0.05, 0) is 35.4 Å². The smallest absolute Gasteiger partial charge is 0.159 e. The van der Waals surface area contributed by atoms with Gasteiger partial charge in [0.2, 0.25) is 0 Å². The Hall–Kier alpha value is -1.81. The van der Waals surface area contributed by atoms with Gasteiger partial charge in [0, 0.05) is 23.0 Å². The lowest BCUT2D eigenvalue weighted by Crippen LogP contribution is -2.28. The highest BCUT2D eigenvalue weighted by Gasteiger charge is 2.26. The Morgan fingerprint density at radius 2 is 2.14 bits per heavy atom. The average molecular weight is 346 g/mol. The quantitative estimate of drug-likeness (QED) is 0.919. The fourth-order valence-electron chi connectivity index (χ4n) is 2.62. The molecule has 21 heavy (non-hydrogen) atoms. The molecule has 1 aliphatic rings. The van der Waals surface area contributed by atoms with Crippen LogP contribution in [0.25, 0.3) is 0 Å². The molecule has 3 rings (SSSR count). The fraction of sp³-hybridized carbons (Fsp3) is 0.235. The Balaban J connectivity index is 1.74. The summed E-state index contributed by atoms with van der Waals surface area (Å²) >= 11 is 3.50. The lowest BCUT2D eigenvalue weighted by Gasteiger charge is -2.12. The monoisotopic (exact) mass is 345 g/mol. The number of rotatable bonds is 4. The molecule has 1 N–H and O–H groups in total. The number of anilines is 1. The first-order chi connectivity index (χ1) is 10.2. The molecule has 108 valence electrons. The SMILES string of the molecule is COc1ccc(Br)c(CC(=O)C2Cc3ccccc3N2)c1. The zero-order valence-corrected chi connectivity index (χ0v) is 13.3. The molecule has 4 heteroatoms. The fourth-order valence-corrected chi connectivity index (χ4v) is 3.00. The van der Waals surface area contributed by atoms with Crippen LogP contribution in [0.1, 0.15) is 11.1 Å². The molecule has 0 aromatic heterocycles. The van der Waals surface area contributed by atoms with Crippen molar-refractivity contribution in [2.75, 3.05) is 12.4 Å². The molecule has 0 spiro atoms. The lowest BCUT2D eigenvalue weighted by atomic mass is 10.0. The minimum Gasteiger partial charge on any atom is -0.497 e. The summed E-state index contributed by atoms with van der Waals surface area (Å²) in [4.78, 5) is 12.5. The van der Waals surface area contributed by atoms with E-state index in [0.29, 0.717) is 6.42 Å². The average Bonchev–Trinajstić information content (AvgIpc) is 2.93. The van der Waals surface area contributed by atoms with E-state index >= 15 is 0 Å². The highest BCUT2D eigenvalue weighted by molar-refractivity contribution is 9.10. The predicted octanol–water partition coefficient (Wildman–Crippen LogP) is 3.61. The number of carbonyl (C=O) groups is 1. The second-order valence-corrected chi connectivity index (χ2v) is 6.01. The molecule has 0 aliphatic carbocycles. The summed E-state index contributed by atoms with van der Waals surface area (Å²) in [5.74, 6) is 0.962. The number of ether oxygens (including phenoxy) is 1. The topological polar surface area (TPSA) is 38.3 Å². The lowest BCUT2D eigenvalue weighted by molar-refractivity contribution is -0.119. The molecule has 1 unspecified atom stereocenters. The van der Waals surface area contributed by atoms with Crippen LogP contribution < -0.4 is 10.1 Å². The molecule has 2 aromatic carbocycles. The Labute approximate surface area is 132 Å². The van der Waals surface area contributed by atoms with Crippen molar-refractivity contribution >= 4 is 27.4 Å². The molecule has 1 heterocycles. The highest BCUT2D eigenvalue weighted by Crippen LogP contribution is 2.28. The van der Waals surface area contributed by atoms with Gasteiger partial charge < -0.3 is 10.1 Å². The molecule has 3 nitrogen and oxygen atoms in total. The van der Waals surface area contributed by atoms with E-state index in [2.05, 4.69) is 27.3 Å². The third kappa shape index (κ3) is 2.95. The Morgan fingerprint density at radius 3 is 2.90 bits per heavy atom. The molecule has 0 amide bonds. The van der Waals surface area contributed by atoms with Crippen LogP contribution in [0.3, 0.4) is 0 Å². The normalized spacial score (nSPS) is 16.2. The minimum atomic E-state index is -0.138. The van der Waals surface area contributed by atoms with Crippen molar-refractivity contribution in [2.24, 2.45) is 0 Å². The van der Waals surface area contributed by atoms with Crippen molar-refractivity contribution in [1.29, 1.82) is 0 Å². The van der Waals surface area contributed by atoms with Crippen LogP contribution in [0.5, 0.6) is 5.75 Å². The maximum absolute atomic E-state index is 12.5. The zero-order valence-electron chi connectivity index (χ0n) is 11.7. The van der Waals surface area contributed by atoms with Gasteiger partial charge in [0.15, 0.2) is 5.78 Å². The van der Waals surface area contributed by atoms with E-state index in [9.17, 15) is 4.79 Å². The number of methoxy groups -OCH3 is 1. The first kappa shape index (κ1) is 14.1. The van der Waals surface area contributed by atoms with Gasteiger partial charge in [0.1, 0.15) is 5.75 Å². The number of fused-ring (bicyclic) bond motifs is 1. The largest absolute Gasteiger partial charge is 0.497 e. The molecule has 0 saturated heterocycles. The molecule has 0 fully saturated rings. The summed E-state index contributed by atoms with van der Waals surface area (Å²) in [6.07, 6.45) is 1.15. The summed E-state index contributed by atoms with van der Waals surface area (Å²) in [6.45, 7) is 0. The maximum Gasteiger partial charge on any atom is 0.159 e. The van der Waals surface area contributed by atoms with Crippen LogP contribution in [0, 0.1) is 0 Å². The van der Waals surface area contributed by atoms with Gasteiger partial charge in [-0.25, -0.2) is 0 Å². The van der Waals surface area contributed by atoms with E-state index in [4.69, 9.17) is 4.74 Å². The van der Waals surface area contributed by atoms with E-state index < -0.39 is 0 Å². The van der Waals surface area contributed by atoms with Crippen LogP contribution in [-0.2, 0) is 17.6 Å². The number of ketones is 1. The standard InChI is InChI=1S/C17H16BrNO2/c1-21-13-6-7-14(18)12(8-13)10-17(20)16-9-11-4-2-3-5-15(11)19-16/h2-8,16,19H,9-10H2,1H3. The van der Waals surface area contributed by atoms with Crippen LogP contribution in [0.15, 0.2) is 46.9 Å². The van der Waals surface area contributed by atoms with Crippen LogP contribution >= 0.6 is 15.9 Å². The third-order valence-electron chi connectivity index (χ3n) is 3.78. The van der Waals surface area contributed by atoms with E-state index in [0.717, 1.165) is 27.9 Å². The van der Waals surface area contributed by atoms with Crippen LogP contribution in [0.4, 0.5) is 5.69 Å². The third-order valence-corrected chi connectivity index (χ3v) is 4.55. The van der Waals surface area contributed by atoms with Crippen molar-refractivity contribution in [3.63, 3.8) is 0 Å². The number of para-hydroxylation sites is 1. The number of nitrogens with one attached hydrogen (secondary N) is 1. The molecule has 2 aromatic rings. The van der Waals surface area contributed by atoms with Gasteiger partial charge in [0.05, 0.1) is 13.2 Å². The zero-order chi connectivity index (χ0) is 14.8. The summed E-state index contributed by atoms with van der Waals surface area (Å²) < 4.78 is 6.16. The number of carbonyl (C=O) groups excluding carboxylic acids is 1. The first-order valence-corrected chi connectivity index (χ1v) is 7.66. The maximum atomic E-state index is 12.5. The van der Waals surface area contributed by atoms with Crippen molar-refractivity contribution in [1.82, 2.24) is 0 Å². The molecular weight excluding hydrogens is 330 g/mol. The number of benzene rings is 2. The number of hydrogen-bond acceptors (Lipinski definition) is 3. The molecule has 0 saturated carbocycles. The molecule has 1 aliphatic heterocycles. The highest BCUT2D eigenvalue weighted by atomic mass is 79.9. The van der Waals surface area contributed by atoms with Gasteiger partial charge in [-0.1, -0.05) is 34.1 Å². The van der Waals surface area contributed by atoms with E-state index in [-0.39, 0.29) is 11.8 Å². The summed E-state index contributed by atoms with van der Waals surface area (Å²) in [6, 6.07) is 13.6. The number of Topliss-reactive ketones (excluding diaryl/α,β-unsaturated/α-hetero) is 1. The Morgan fingerprint density at radius 1 is 1.33 bits per heavy atom. The molecule has 0 bridgehead atoms. The van der Waals surface area contributed by atoms with E-state index in [1.807, 2.05) is 36.4 Å². The minimum absolute atomic E-state index is 0.138. The van der Waals surface area contributed by atoms with Crippen molar-refractivity contribution in [3.8, 4) is 5.75 Å². The van der Waals surface area contributed by atoms with E-state index in [1.165, 1.54) is 5.56 Å². The second kappa shape index (κ2) is 5.90. The molecule has 0 radical (unpaired) electrons. The predicted molar refractivity (Wildman–Crippen MR) is 87.0 cm³/mol. The van der Waals surface area contributed by atoms with Gasteiger partial charge in [-0.2, -0.15) is 0 Å². The number of hydrogen-bond donors (Lipinski definition) is 1.